The van der Waals surface area contributed by atoms with Crippen molar-refractivity contribution in [1.29, 1.82) is 0 Å². The van der Waals surface area contributed by atoms with E-state index in [2.05, 4.69) is 46.3 Å². The highest BCUT2D eigenvalue weighted by atomic mass is 16.5. The third-order valence-electron chi connectivity index (χ3n) is 6.88. The summed E-state index contributed by atoms with van der Waals surface area (Å²) in [7, 11) is 0. The van der Waals surface area contributed by atoms with E-state index in [1.807, 2.05) is 30.9 Å². The van der Waals surface area contributed by atoms with Gasteiger partial charge in [-0.1, -0.05) is 43.7 Å². The number of rotatable bonds is 8. The molecule has 194 valence electrons. The zero-order chi connectivity index (χ0) is 25.5. The van der Waals surface area contributed by atoms with E-state index < -0.39 is 0 Å². The molecule has 2 aliphatic heterocycles. The fourth-order valence-corrected chi connectivity index (χ4v) is 4.80. The molecular weight excluding hydrogens is 454 g/mol. The van der Waals surface area contributed by atoms with Crippen molar-refractivity contribution in [1.82, 2.24) is 20.0 Å². The third kappa shape index (κ3) is 7.03. The molecule has 1 unspecified atom stereocenters. The second-order valence-electron chi connectivity index (χ2n) is 10.4. The summed E-state index contributed by atoms with van der Waals surface area (Å²) in [6.07, 6.45) is 3.29. The number of amides is 2. The van der Waals surface area contributed by atoms with Crippen molar-refractivity contribution in [3.63, 3.8) is 0 Å². The molecule has 0 N–H and O–H groups in total. The zero-order valence-corrected chi connectivity index (χ0v) is 21.9. The number of hydrogen-bond acceptors (Lipinski definition) is 6. The predicted molar refractivity (Wildman–Crippen MR) is 141 cm³/mol. The van der Waals surface area contributed by atoms with Crippen LogP contribution in [0, 0.1) is 12.8 Å². The van der Waals surface area contributed by atoms with E-state index in [1.165, 1.54) is 5.56 Å². The summed E-state index contributed by atoms with van der Waals surface area (Å²) in [5.74, 6) is 1.12. The molecule has 2 saturated heterocycles. The van der Waals surface area contributed by atoms with Crippen LogP contribution in [-0.2, 0) is 14.3 Å². The number of aryl methyl sites for hydroxylation is 1. The maximum absolute atomic E-state index is 13.2. The smallest absolute Gasteiger partial charge is 0.242 e. The highest BCUT2D eigenvalue weighted by Crippen LogP contribution is 2.20. The first kappa shape index (κ1) is 26.1. The van der Waals surface area contributed by atoms with Gasteiger partial charge in [0.15, 0.2) is 5.82 Å². The standard InChI is InChI=1S/C28H39N5O3/c1-21(2)18-27(34)33(19-24-6-4-17-36-24)20-28(35)32-14-5-13-31(15-16-32)26-12-11-25(29-30-26)23-9-7-22(3)8-10-23/h7-12,21,24H,4-6,13-20H2,1-3H3. The van der Waals surface area contributed by atoms with Crippen molar-refractivity contribution in [3.8, 4) is 11.3 Å². The first-order valence-corrected chi connectivity index (χ1v) is 13.2. The Hall–Kier alpha value is -3.00. The summed E-state index contributed by atoms with van der Waals surface area (Å²) >= 11 is 0. The molecule has 8 nitrogen and oxygen atoms in total. The Kier molecular flexibility index (Phi) is 8.91. The third-order valence-corrected chi connectivity index (χ3v) is 6.88. The summed E-state index contributed by atoms with van der Waals surface area (Å²) < 4.78 is 5.75. The Bertz CT molecular complexity index is 1000. The van der Waals surface area contributed by atoms with Crippen molar-refractivity contribution in [2.75, 3.05) is 50.8 Å². The first-order valence-electron chi connectivity index (χ1n) is 13.2. The van der Waals surface area contributed by atoms with Gasteiger partial charge in [-0.2, -0.15) is 0 Å². The van der Waals surface area contributed by atoms with Gasteiger partial charge in [0, 0.05) is 51.3 Å². The number of ether oxygens (including phenoxy) is 1. The topological polar surface area (TPSA) is 78.9 Å². The molecule has 3 heterocycles. The summed E-state index contributed by atoms with van der Waals surface area (Å²) in [5, 5.41) is 8.92. The fraction of sp³-hybridized carbons (Fsp3) is 0.571. The molecule has 2 fully saturated rings. The van der Waals surface area contributed by atoms with Gasteiger partial charge in [0.25, 0.3) is 0 Å². The van der Waals surface area contributed by atoms with Gasteiger partial charge in [0.2, 0.25) is 11.8 Å². The molecule has 0 bridgehead atoms. The Morgan fingerprint density at radius 2 is 1.83 bits per heavy atom. The number of hydrogen-bond donors (Lipinski definition) is 0. The highest BCUT2D eigenvalue weighted by Gasteiger charge is 2.27. The van der Waals surface area contributed by atoms with Crippen LogP contribution in [0.1, 0.15) is 45.1 Å². The monoisotopic (exact) mass is 493 g/mol. The minimum Gasteiger partial charge on any atom is -0.376 e. The molecule has 2 amide bonds. The van der Waals surface area contributed by atoms with Gasteiger partial charge >= 0.3 is 0 Å². The van der Waals surface area contributed by atoms with Gasteiger partial charge in [0.1, 0.15) is 0 Å². The van der Waals surface area contributed by atoms with Crippen LogP contribution in [-0.4, -0.2) is 83.8 Å². The fourth-order valence-electron chi connectivity index (χ4n) is 4.80. The molecule has 2 aromatic rings. The molecule has 2 aliphatic rings. The van der Waals surface area contributed by atoms with E-state index >= 15 is 0 Å². The highest BCUT2D eigenvalue weighted by molar-refractivity contribution is 5.85. The Balaban J connectivity index is 1.35. The van der Waals surface area contributed by atoms with Crippen molar-refractivity contribution >= 4 is 17.6 Å². The van der Waals surface area contributed by atoms with Crippen LogP contribution in [0.2, 0.25) is 0 Å². The predicted octanol–water partition coefficient (Wildman–Crippen LogP) is 3.54. The van der Waals surface area contributed by atoms with Crippen molar-refractivity contribution < 1.29 is 14.3 Å². The number of carbonyl (C=O) groups is 2. The molecule has 0 spiro atoms. The van der Waals surface area contributed by atoms with Crippen LogP contribution in [0.3, 0.4) is 0 Å². The molecule has 4 rings (SSSR count). The molecule has 0 aliphatic carbocycles. The lowest BCUT2D eigenvalue weighted by Crippen LogP contribution is -2.46. The van der Waals surface area contributed by atoms with E-state index in [0.29, 0.717) is 32.6 Å². The van der Waals surface area contributed by atoms with Gasteiger partial charge in [-0.3, -0.25) is 9.59 Å². The van der Waals surface area contributed by atoms with Gasteiger partial charge in [-0.15, -0.1) is 10.2 Å². The minimum absolute atomic E-state index is 0.00718. The average Bonchev–Trinajstić information content (AvgIpc) is 3.25. The van der Waals surface area contributed by atoms with Gasteiger partial charge in [0.05, 0.1) is 18.3 Å². The number of aromatic nitrogens is 2. The quantitative estimate of drug-likeness (QED) is 0.560. The molecule has 1 aromatic heterocycles. The lowest BCUT2D eigenvalue weighted by molar-refractivity contribution is -0.142. The van der Waals surface area contributed by atoms with E-state index in [1.54, 1.807) is 4.90 Å². The number of benzene rings is 1. The maximum atomic E-state index is 13.2. The lowest BCUT2D eigenvalue weighted by Gasteiger charge is -2.29. The normalized spacial score (nSPS) is 18.4. The van der Waals surface area contributed by atoms with Crippen LogP contribution in [0.15, 0.2) is 36.4 Å². The largest absolute Gasteiger partial charge is 0.376 e. The van der Waals surface area contributed by atoms with Crippen LogP contribution in [0.5, 0.6) is 0 Å². The SMILES string of the molecule is Cc1ccc(-c2ccc(N3CCCN(C(=O)CN(CC4CCCO4)C(=O)CC(C)C)CC3)nn2)cc1. The first-order chi connectivity index (χ1) is 17.4. The van der Waals surface area contributed by atoms with E-state index in [9.17, 15) is 9.59 Å². The molecule has 0 saturated carbocycles. The summed E-state index contributed by atoms with van der Waals surface area (Å²) in [4.78, 5) is 31.9. The number of nitrogens with zero attached hydrogens (tertiary/aromatic N) is 5. The Morgan fingerprint density at radius 1 is 1.03 bits per heavy atom. The lowest BCUT2D eigenvalue weighted by atomic mass is 10.1. The van der Waals surface area contributed by atoms with E-state index in [4.69, 9.17) is 4.74 Å². The van der Waals surface area contributed by atoms with E-state index in [0.717, 1.165) is 49.5 Å². The van der Waals surface area contributed by atoms with Crippen molar-refractivity contribution in [2.24, 2.45) is 5.92 Å². The summed E-state index contributed by atoms with van der Waals surface area (Å²) in [6.45, 7) is 10.3. The van der Waals surface area contributed by atoms with E-state index in [-0.39, 0.29) is 30.4 Å². The van der Waals surface area contributed by atoms with Crippen LogP contribution in [0.4, 0.5) is 5.82 Å². The molecule has 0 radical (unpaired) electrons. The maximum Gasteiger partial charge on any atom is 0.242 e. The molecular formula is C28H39N5O3. The average molecular weight is 494 g/mol. The summed E-state index contributed by atoms with van der Waals surface area (Å²) in [5.41, 5.74) is 3.11. The zero-order valence-electron chi connectivity index (χ0n) is 21.9. The number of carbonyl (C=O) groups excluding carboxylic acids is 2. The Labute approximate surface area is 214 Å². The minimum atomic E-state index is 0.00718. The molecule has 1 atom stereocenters. The van der Waals surface area contributed by atoms with Crippen LogP contribution in [0.25, 0.3) is 11.3 Å². The summed E-state index contributed by atoms with van der Waals surface area (Å²) in [6, 6.07) is 12.3. The van der Waals surface area contributed by atoms with Crippen molar-refractivity contribution in [3.05, 3.63) is 42.0 Å². The van der Waals surface area contributed by atoms with Gasteiger partial charge in [-0.25, -0.2) is 0 Å². The van der Waals surface area contributed by atoms with Crippen molar-refractivity contribution in [2.45, 2.75) is 52.6 Å². The van der Waals surface area contributed by atoms with Gasteiger partial charge in [-0.05, 0) is 44.2 Å². The second-order valence-corrected chi connectivity index (χ2v) is 10.4. The number of anilines is 1. The molecule has 8 heteroatoms. The second kappa shape index (κ2) is 12.3. The Morgan fingerprint density at radius 3 is 2.50 bits per heavy atom. The van der Waals surface area contributed by atoms with Crippen LogP contribution >= 0.6 is 0 Å². The molecule has 1 aromatic carbocycles. The molecule has 36 heavy (non-hydrogen) atoms. The van der Waals surface area contributed by atoms with Gasteiger partial charge < -0.3 is 19.4 Å². The van der Waals surface area contributed by atoms with Crippen LogP contribution < -0.4 is 4.90 Å².